The summed E-state index contributed by atoms with van der Waals surface area (Å²) in [6, 6.07) is 62.9. The molecule has 0 aliphatic carbocycles. The summed E-state index contributed by atoms with van der Waals surface area (Å²) in [7, 11) is 0. The third-order valence-electron chi connectivity index (χ3n) is 9.97. The Labute approximate surface area is 266 Å². The lowest BCUT2D eigenvalue weighted by molar-refractivity contribution is 1.70. The van der Waals surface area contributed by atoms with Gasteiger partial charge in [0.05, 0.1) is 0 Å². The molecule has 10 rings (SSSR count). The molecule has 0 saturated carbocycles. The Kier molecular flexibility index (Phi) is 5.38. The molecule has 0 saturated heterocycles. The van der Waals surface area contributed by atoms with E-state index in [-0.39, 0.29) is 0 Å². The lowest BCUT2D eigenvalue weighted by Crippen LogP contribution is -1.91. The molecule has 0 fully saturated rings. The first kappa shape index (κ1) is 25.4. The average molecular weight is 581 g/mol. The summed E-state index contributed by atoms with van der Waals surface area (Å²) in [5.41, 5.74) is 5.04. The van der Waals surface area contributed by atoms with Crippen LogP contribution >= 0.6 is 0 Å². The standard InChI is InChI=1S/C46H28/c1-3-13-31-25-33(23-21-29(31)11-1)41-27-43-35-15-5-6-16-36(35)44-28-42(34-24-22-30-12-2-4-14-32(30)26-34)38-18-8-10-20-40(38)46(44)45(43)39-19-9-7-17-37(39)41/h1-28H. The monoisotopic (exact) mass is 580 g/mol. The second kappa shape index (κ2) is 9.76. The van der Waals surface area contributed by atoms with Crippen molar-refractivity contribution in [2.24, 2.45) is 0 Å². The Morgan fingerprint density at radius 3 is 1.00 bits per heavy atom. The lowest BCUT2D eigenvalue weighted by atomic mass is 9.84. The van der Waals surface area contributed by atoms with E-state index in [0.717, 1.165) is 0 Å². The van der Waals surface area contributed by atoms with E-state index < -0.39 is 0 Å². The van der Waals surface area contributed by atoms with Gasteiger partial charge in [-0.15, -0.1) is 0 Å². The van der Waals surface area contributed by atoms with Gasteiger partial charge in [-0.05, 0) is 122 Å². The molecule has 0 aromatic heterocycles. The Morgan fingerprint density at radius 2 is 0.565 bits per heavy atom. The zero-order valence-electron chi connectivity index (χ0n) is 25.2. The van der Waals surface area contributed by atoms with Crippen molar-refractivity contribution < 1.29 is 0 Å². The Hall–Kier alpha value is -5.98. The van der Waals surface area contributed by atoms with Crippen LogP contribution < -0.4 is 0 Å². The molecule has 0 bridgehead atoms. The molecule has 0 N–H and O–H groups in total. The highest BCUT2D eigenvalue weighted by Crippen LogP contribution is 2.47. The molecule has 0 radical (unpaired) electrons. The molecule has 212 valence electrons. The minimum absolute atomic E-state index is 1.25. The van der Waals surface area contributed by atoms with E-state index in [2.05, 4.69) is 170 Å². The fourth-order valence-corrected chi connectivity index (χ4v) is 7.86. The predicted octanol–water partition coefficient (Wildman–Crippen LogP) is 13.1. The largest absolute Gasteiger partial charge is 0.0616 e. The summed E-state index contributed by atoms with van der Waals surface area (Å²) >= 11 is 0. The van der Waals surface area contributed by atoms with Gasteiger partial charge in [0.1, 0.15) is 0 Å². The van der Waals surface area contributed by atoms with Gasteiger partial charge >= 0.3 is 0 Å². The minimum Gasteiger partial charge on any atom is -0.0616 e. The van der Waals surface area contributed by atoms with Gasteiger partial charge in [-0.25, -0.2) is 0 Å². The van der Waals surface area contributed by atoms with Crippen molar-refractivity contribution in [3.8, 4) is 22.3 Å². The summed E-state index contributed by atoms with van der Waals surface area (Å²) in [6.45, 7) is 0. The average Bonchev–Trinajstić information content (AvgIpc) is 3.13. The van der Waals surface area contributed by atoms with Gasteiger partial charge in [0.15, 0.2) is 0 Å². The zero-order valence-corrected chi connectivity index (χ0v) is 25.2. The third-order valence-corrected chi connectivity index (χ3v) is 9.97. The number of rotatable bonds is 2. The van der Waals surface area contributed by atoms with Crippen molar-refractivity contribution in [1.82, 2.24) is 0 Å². The summed E-state index contributed by atoms with van der Waals surface area (Å²) < 4.78 is 0. The van der Waals surface area contributed by atoms with Crippen LogP contribution in [0.1, 0.15) is 0 Å². The van der Waals surface area contributed by atoms with E-state index in [1.54, 1.807) is 0 Å². The van der Waals surface area contributed by atoms with Crippen LogP contribution in [-0.4, -0.2) is 0 Å². The van der Waals surface area contributed by atoms with E-state index in [1.807, 2.05) is 0 Å². The molecule has 10 aromatic rings. The van der Waals surface area contributed by atoms with Gasteiger partial charge in [0, 0.05) is 0 Å². The molecule has 0 unspecified atom stereocenters. The van der Waals surface area contributed by atoms with Gasteiger partial charge in [-0.3, -0.25) is 0 Å². The first-order valence-electron chi connectivity index (χ1n) is 16.0. The fourth-order valence-electron chi connectivity index (χ4n) is 7.86. The smallest absolute Gasteiger partial charge is 0.00137 e. The normalized spacial score (nSPS) is 11.9. The van der Waals surface area contributed by atoms with E-state index >= 15 is 0 Å². The van der Waals surface area contributed by atoms with Crippen LogP contribution in [0.4, 0.5) is 0 Å². The summed E-state index contributed by atoms with van der Waals surface area (Å²) in [5.74, 6) is 0. The van der Waals surface area contributed by atoms with Crippen molar-refractivity contribution in [3.63, 3.8) is 0 Å². The first-order valence-corrected chi connectivity index (χ1v) is 16.0. The quantitative estimate of drug-likeness (QED) is 0.178. The van der Waals surface area contributed by atoms with Gasteiger partial charge in [-0.2, -0.15) is 0 Å². The van der Waals surface area contributed by atoms with Crippen LogP contribution in [0.5, 0.6) is 0 Å². The van der Waals surface area contributed by atoms with Crippen molar-refractivity contribution in [1.29, 1.82) is 0 Å². The van der Waals surface area contributed by atoms with Crippen molar-refractivity contribution in [2.75, 3.05) is 0 Å². The highest BCUT2D eigenvalue weighted by atomic mass is 14.2. The molecular weight excluding hydrogens is 553 g/mol. The molecule has 0 aliphatic heterocycles. The summed E-state index contributed by atoms with van der Waals surface area (Å²) in [5, 5.41) is 18.0. The van der Waals surface area contributed by atoms with Gasteiger partial charge in [0.2, 0.25) is 0 Å². The predicted molar refractivity (Wildman–Crippen MR) is 200 cm³/mol. The third kappa shape index (κ3) is 3.68. The Bertz CT molecular complexity index is 2660. The van der Waals surface area contributed by atoms with Gasteiger partial charge < -0.3 is 0 Å². The van der Waals surface area contributed by atoms with Crippen LogP contribution in [0.2, 0.25) is 0 Å². The maximum atomic E-state index is 2.45. The van der Waals surface area contributed by atoms with Crippen LogP contribution in [0.25, 0.3) is 97.7 Å². The van der Waals surface area contributed by atoms with E-state index in [1.165, 1.54) is 97.7 Å². The minimum atomic E-state index is 1.25. The van der Waals surface area contributed by atoms with Crippen LogP contribution in [0, 0.1) is 0 Å². The zero-order chi connectivity index (χ0) is 30.2. The highest BCUT2D eigenvalue weighted by molar-refractivity contribution is 6.38. The Balaban J connectivity index is 1.39. The van der Waals surface area contributed by atoms with Crippen molar-refractivity contribution >= 4 is 75.4 Å². The van der Waals surface area contributed by atoms with Crippen molar-refractivity contribution in [3.05, 3.63) is 170 Å². The summed E-state index contributed by atoms with van der Waals surface area (Å²) in [4.78, 5) is 0. The molecule has 46 heavy (non-hydrogen) atoms. The molecule has 0 spiro atoms. The van der Waals surface area contributed by atoms with Gasteiger partial charge in [0.25, 0.3) is 0 Å². The number of benzene rings is 10. The topological polar surface area (TPSA) is 0 Å². The van der Waals surface area contributed by atoms with E-state index in [9.17, 15) is 0 Å². The molecule has 0 heterocycles. The maximum Gasteiger partial charge on any atom is -0.00137 e. The van der Waals surface area contributed by atoms with E-state index in [0.29, 0.717) is 0 Å². The molecule has 0 amide bonds. The number of fused-ring (bicyclic) bond motifs is 12. The SMILES string of the molecule is c1ccc2cc(-c3cc4c5ccccc5c5cc(-c6ccc7ccccc7c6)c6ccccc6c5c4c4ccccc34)ccc2c1. The lowest BCUT2D eigenvalue weighted by Gasteiger charge is -2.19. The second-order valence-electron chi connectivity index (χ2n) is 12.5. The van der Waals surface area contributed by atoms with Crippen molar-refractivity contribution in [2.45, 2.75) is 0 Å². The Morgan fingerprint density at radius 1 is 0.217 bits per heavy atom. The van der Waals surface area contributed by atoms with Crippen LogP contribution in [-0.2, 0) is 0 Å². The fraction of sp³-hybridized carbons (Fsp3) is 0. The maximum absolute atomic E-state index is 2.45. The molecule has 0 atom stereocenters. The molecule has 0 heteroatoms. The molecule has 0 nitrogen and oxygen atoms in total. The molecular formula is C46H28. The second-order valence-corrected chi connectivity index (χ2v) is 12.5. The number of hydrogen-bond donors (Lipinski definition) is 0. The molecule has 10 aromatic carbocycles. The highest BCUT2D eigenvalue weighted by Gasteiger charge is 2.19. The van der Waals surface area contributed by atoms with Crippen LogP contribution in [0.15, 0.2) is 170 Å². The molecule has 0 aliphatic rings. The summed E-state index contributed by atoms with van der Waals surface area (Å²) in [6.07, 6.45) is 0. The first-order chi connectivity index (χ1) is 22.8. The van der Waals surface area contributed by atoms with Gasteiger partial charge in [-0.1, -0.05) is 146 Å². The van der Waals surface area contributed by atoms with Crippen LogP contribution in [0.3, 0.4) is 0 Å². The van der Waals surface area contributed by atoms with E-state index in [4.69, 9.17) is 0 Å². The number of hydrogen-bond acceptors (Lipinski definition) is 0.